The van der Waals surface area contributed by atoms with Gasteiger partial charge in [0.15, 0.2) is 0 Å². The van der Waals surface area contributed by atoms with Crippen LogP contribution in [0.15, 0.2) is 97.1 Å². The third kappa shape index (κ3) is 5.20. The second-order valence-corrected chi connectivity index (χ2v) is 7.42. The molecule has 140 valence electrons. The Kier molecular flexibility index (Phi) is 6.45. The molecule has 0 saturated carbocycles. The largest absolute Gasteiger partial charge is 0.0622 e. The second-order valence-electron chi connectivity index (χ2n) is 7.42. The molecule has 4 aromatic rings. The van der Waals surface area contributed by atoms with Crippen LogP contribution in [0.3, 0.4) is 0 Å². The zero-order chi connectivity index (χ0) is 19.9. The minimum absolute atomic E-state index is 1.29. The lowest BCUT2D eigenvalue weighted by Gasteiger charge is -2.06. The van der Waals surface area contributed by atoms with E-state index in [2.05, 4.69) is 119 Å². The van der Waals surface area contributed by atoms with Crippen molar-refractivity contribution in [2.75, 3.05) is 0 Å². The van der Waals surface area contributed by atoms with Crippen LogP contribution in [0.2, 0.25) is 0 Å². The molecule has 0 atom stereocenters. The van der Waals surface area contributed by atoms with Gasteiger partial charge in [-0.3, -0.25) is 0 Å². The maximum Gasteiger partial charge on any atom is -0.0155 e. The Labute approximate surface area is 169 Å². The highest BCUT2D eigenvalue weighted by Crippen LogP contribution is 2.23. The lowest BCUT2D eigenvalue weighted by atomic mass is 9.99. The molecule has 0 N–H and O–H groups in total. The highest BCUT2D eigenvalue weighted by Gasteiger charge is 2.00. The van der Waals surface area contributed by atoms with Gasteiger partial charge in [-0.25, -0.2) is 0 Å². The van der Waals surface area contributed by atoms with Crippen LogP contribution in [0.5, 0.6) is 0 Å². The van der Waals surface area contributed by atoms with E-state index in [4.69, 9.17) is 0 Å². The van der Waals surface area contributed by atoms with Crippen molar-refractivity contribution in [1.82, 2.24) is 0 Å². The van der Waals surface area contributed by atoms with Crippen LogP contribution in [0.1, 0.15) is 22.3 Å². The summed E-state index contributed by atoms with van der Waals surface area (Å²) < 4.78 is 0. The molecule has 0 saturated heterocycles. The van der Waals surface area contributed by atoms with Gasteiger partial charge in [0.1, 0.15) is 0 Å². The molecule has 0 spiro atoms. The minimum atomic E-state index is 1.29. The van der Waals surface area contributed by atoms with E-state index < -0.39 is 0 Å². The molecule has 28 heavy (non-hydrogen) atoms. The zero-order valence-corrected chi connectivity index (χ0v) is 17.2. The molecule has 0 unspecified atom stereocenters. The van der Waals surface area contributed by atoms with Crippen molar-refractivity contribution >= 4 is 0 Å². The molecular weight excluding hydrogens is 336 g/mol. The Bertz CT molecular complexity index is 1030. The van der Waals surface area contributed by atoms with Crippen molar-refractivity contribution in [3.05, 3.63) is 119 Å². The molecule has 0 heterocycles. The molecule has 4 aromatic carbocycles. The van der Waals surface area contributed by atoms with E-state index in [0.29, 0.717) is 0 Å². The fourth-order valence-corrected chi connectivity index (χ4v) is 3.33. The Morgan fingerprint density at radius 2 is 1.00 bits per heavy atom. The predicted octanol–water partition coefficient (Wildman–Crippen LogP) is 7.94. The Hall–Kier alpha value is -3.12. The number of rotatable bonds is 2. The molecule has 0 radical (unpaired) electrons. The third-order valence-corrected chi connectivity index (χ3v) is 4.87. The Morgan fingerprint density at radius 3 is 1.64 bits per heavy atom. The molecule has 0 aliphatic heterocycles. The van der Waals surface area contributed by atoms with Crippen LogP contribution >= 0.6 is 0 Å². The average Bonchev–Trinajstić information content (AvgIpc) is 2.70. The molecule has 0 bridgehead atoms. The summed E-state index contributed by atoms with van der Waals surface area (Å²) in [6.45, 7) is 8.52. The summed E-state index contributed by atoms with van der Waals surface area (Å²) in [6.07, 6.45) is 0. The number of aryl methyl sites for hydroxylation is 4. The van der Waals surface area contributed by atoms with Gasteiger partial charge < -0.3 is 0 Å². The molecule has 4 rings (SSSR count). The molecule has 0 heteroatoms. The smallest absolute Gasteiger partial charge is 0.0155 e. The van der Waals surface area contributed by atoms with Crippen LogP contribution in [-0.2, 0) is 0 Å². The summed E-state index contributed by atoms with van der Waals surface area (Å²) in [5.74, 6) is 0. The van der Waals surface area contributed by atoms with E-state index in [9.17, 15) is 0 Å². The van der Waals surface area contributed by atoms with E-state index in [1.54, 1.807) is 0 Å². The van der Waals surface area contributed by atoms with E-state index in [1.807, 2.05) is 6.07 Å². The van der Waals surface area contributed by atoms with Gasteiger partial charge in [0.05, 0.1) is 0 Å². The third-order valence-electron chi connectivity index (χ3n) is 4.87. The first-order chi connectivity index (χ1) is 13.5. The van der Waals surface area contributed by atoms with Crippen LogP contribution < -0.4 is 0 Å². The van der Waals surface area contributed by atoms with Crippen molar-refractivity contribution in [2.24, 2.45) is 0 Å². The Balaban J connectivity index is 0.000000161. The lowest BCUT2D eigenvalue weighted by molar-refractivity contribution is 1.38. The summed E-state index contributed by atoms with van der Waals surface area (Å²) in [4.78, 5) is 0. The summed E-state index contributed by atoms with van der Waals surface area (Å²) in [7, 11) is 0. The number of hydrogen-bond acceptors (Lipinski definition) is 0. The van der Waals surface area contributed by atoms with Gasteiger partial charge in [0.25, 0.3) is 0 Å². The summed E-state index contributed by atoms with van der Waals surface area (Å²) in [5, 5.41) is 0. The van der Waals surface area contributed by atoms with Gasteiger partial charge in [0, 0.05) is 0 Å². The van der Waals surface area contributed by atoms with Crippen LogP contribution in [0, 0.1) is 27.7 Å². The van der Waals surface area contributed by atoms with Gasteiger partial charge >= 0.3 is 0 Å². The zero-order valence-electron chi connectivity index (χ0n) is 17.2. The highest BCUT2D eigenvalue weighted by molar-refractivity contribution is 5.67. The fraction of sp³-hybridized carbons (Fsp3) is 0.143. The second kappa shape index (κ2) is 9.19. The SMILES string of the molecule is Cc1ccc(-c2cccc(C)c2)cc1.Cc1ccc(-c2ccccc2)c(C)c1. The first kappa shape index (κ1) is 19.6. The average molecular weight is 365 g/mol. The van der Waals surface area contributed by atoms with Gasteiger partial charge in [-0.05, 0) is 55.5 Å². The molecule has 0 fully saturated rings. The van der Waals surface area contributed by atoms with Gasteiger partial charge in [-0.2, -0.15) is 0 Å². The lowest BCUT2D eigenvalue weighted by Crippen LogP contribution is -1.83. The molecule has 0 aliphatic rings. The highest BCUT2D eigenvalue weighted by atomic mass is 14.0. The normalized spacial score (nSPS) is 10.1. The molecule has 0 aromatic heterocycles. The molecular formula is C28H28. The first-order valence-electron chi connectivity index (χ1n) is 9.79. The van der Waals surface area contributed by atoms with Gasteiger partial charge in [-0.1, -0.05) is 114 Å². The van der Waals surface area contributed by atoms with Crippen molar-refractivity contribution in [3.63, 3.8) is 0 Å². The van der Waals surface area contributed by atoms with Crippen molar-refractivity contribution in [1.29, 1.82) is 0 Å². The molecule has 0 amide bonds. The van der Waals surface area contributed by atoms with Gasteiger partial charge in [-0.15, -0.1) is 0 Å². The van der Waals surface area contributed by atoms with E-state index >= 15 is 0 Å². The van der Waals surface area contributed by atoms with E-state index in [1.165, 1.54) is 44.5 Å². The molecule has 0 nitrogen and oxygen atoms in total. The van der Waals surface area contributed by atoms with Crippen LogP contribution in [0.4, 0.5) is 0 Å². The topological polar surface area (TPSA) is 0 Å². The van der Waals surface area contributed by atoms with Crippen molar-refractivity contribution in [2.45, 2.75) is 27.7 Å². The van der Waals surface area contributed by atoms with Crippen LogP contribution in [0.25, 0.3) is 22.3 Å². The summed E-state index contributed by atoms with van der Waals surface area (Å²) in [6, 6.07) is 34.3. The number of benzene rings is 4. The maximum absolute atomic E-state index is 2.22. The number of hydrogen-bond donors (Lipinski definition) is 0. The quantitative estimate of drug-likeness (QED) is 0.338. The predicted molar refractivity (Wildman–Crippen MR) is 123 cm³/mol. The van der Waals surface area contributed by atoms with Crippen LogP contribution in [-0.4, -0.2) is 0 Å². The monoisotopic (exact) mass is 364 g/mol. The van der Waals surface area contributed by atoms with Crippen molar-refractivity contribution in [3.8, 4) is 22.3 Å². The van der Waals surface area contributed by atoms with E-state index in [0.717, 1.165) is 0 Å². The standard InChI is InChI=1S/2C14H14/c1-11-6-8-13(9-7-11)14-5-3-4-12(2)10-14;1-11-8-9-14(12(2)10-11)13-6-4-3-5-7-13/h2*3-10H,1-2H3. The van der Waals surface area contributed by atoms with E-state index in [-0.39, 0.29) is 0 Å². The Morgan fingerprint density at radius 1 is 0.393 bits per heavy atom. The van der Waals surface area contributed by atoms with Crippen molar-refractivity contribution < 1.29 is 0 Å². The maximum atomic E-state index is 2.22. The van der Waals surface area contributed by atoms with Gasteiger partial charge in [0.2, 0.25) is 0 Å². The summed E-state index contributed by atoms with van der Waals surface area (Å²) in [5.41, 5.74) is 10.5. The minimum Gasteiger partial charge on any atom is -0.0622 e. The fourth-order valence-electron chi connectivity index (χ4n) is 3.33. The summed E-state index contributed by atoms with van der Waals surface area (Å²) >= 11 is 0. The first-order valence-corrected chi connectivity index (χ1v) is 9.79. The molecule has 0 aliphatic carbocycles.